The summed E-state index contributed by atoms with van der Waals surface area (Å²) in [6.45, 7) is 0.958. The van der Waals surface area contributed by atoms with Crippen molar-refractivity contribution in [2.45, 2.75) is 43.8 Å². The van der Waals surface area contributed by atoms with Crippen LogP contribution in [0.3, 0.4) is 0 Å². The maximum atomic E-state index is 11.6. The first kappa shape index (κ1) is 32.4. The number of phenolic OH excluding ortho intramolecular Hbond substituents is 1. The van der Waals surface area contributed by atoms with Crippen LogP contribution in [0.1, 0.15) is 57.1 Å². The standard InChI is InChI=1S/C40H44N2O8/c1-41-10-9-20-13-35(48-7)40(49-8)38-24-18-32(46-5)33(15-22(24)11-27(41)36(20)38)50-29-19-34(47-6)39(43)37-25(29)16-26-23-17-31(45-4)30(44-3)14-21(23)12-28(37)42(26)2/h13-15,17-19,26-28,43H,9-12,16H2,1-8H3/t26-,27+,28+/m1/s1. The van der Waals surface area contributed by atoms with Crippen LogP contribution in [0.4, 0.5) is 0 Å². The monoisotopic (exact) mass is 680 g/mol. The minimum absolute atomic E-state index is 0.0339. The molecule has 0 aromatic heterocycles. The van der Waals surface area contributed by atoms with Gasteiger partial charge in [-0.1, -0.05) is 0 Å². The SMILES string of the molecule is COc1cc2c(cc1OC)[C@H]1Cc3c(Oc4cc5c(cc4OC)-c4c(OC)c(OC)cc6c4[C@H](C5)N(C)CC6)cc(OC)c(O)c3[C@H](C2)N1C. The molecule has 4 aromatic carbocycles. The Labute approximate surface area is 293 Å². The highest BCUT2D eigenvalue weighted by Crippen LogP contribution is 2.57. The number of rotatable bonds is 8. The van der Waals surface area contributed by atoms with Crippen LogP contribution in [-0.2, 0) is 25.7 Å². The van der Waals surface area contributed by atoms with Gasteiger partial charge in [0.05, 0.1) is 42.7 Å². The van der Waals surface area contributed by atoms with Gasteiger partial charge in [-0.15, -0.1) is 0 Å². The van der Waals surface area contributed by atoms with Crippen molar-refractivity contribution < 1.29 is 38.3 Å². The summed E-state index contributed by atoms with van der Waals surface area (Å²) in [6.07, 6.45) is 3.05. The molecule has 3 atom stereocenters. The summed E-state index contributed by atoms with van der Waals surface area (Å²) in [5.74, 6) is 5.18. The molecule has 1 N–H and O–H groups in total. The van der Waals surface area contributed by atoms with Gasteiger partial charge < -0.3 is 38.3 Å². The molecule has 0 saturated carbocycles. The number of benzene rings is 4. The van der Waals surface area contributed by atoms with Gasteiger partial charge in [-0.3, -0.25) is 9.80 Å². The molecule has 1 aliphatic carbocycles. The van der Waals surface area contributed by atoms with Gasteiger partial charge in [-0.05, 0) is 103 Å². The predicted molar refractivity (Wildman–Crippen MR) is 189 cm³/mol. The molecular weight excluding hydrogens is 636 g/mol. The van der Waals surface area contributed by atoms with Crippen molar-refractivity contribution in [2.24, 2.45) is 0 Å². The van der Waals surface area contributed by atoms with E-state index in [2.05, 4.69) is 54.2 Å². The summed E-state index contributed by atoms with van der Waals surface area (Å²) < 4.78 is 41.9. The Kier molecular flexibility index (Phi) is 7.91. The Morgan fingerprint density at radius 1 is 0.580 bits per heavy atom. The molecule has 4 aliphatic rings. The van der Waals surface area contributed by atoms with E-state index in [9.17, 15) is 5.11 Å². The Morgan fingerprint density at radius 3 is 1.92 bits per heavy atom. The number of hydrogen-bond acceptors (Lipinski definition) is 10. The van der Waals surface area contributed by atoms with E-state index in [-0.39, 0.29) is 23.9 Å². The number of phenols is 1. The third-order valence-corrected chi connectivity index (χ3v) is 11.4. The van der Waals surface area contributed by atoms with Crippen molar-refractivity contribution >= 4 is 0 Å². The zero-order valence-electron chi connectivity index (χ0n) is 29.9. The van der Waals surface area contributed by atoms with E-state index >= 15 is 0 Å². The van der Waals surface area contributed by atoms with Crippen LogP contribution in [-0.4, -0.2) is 78.2 Å². The first-order valence-electron chi connectivity index (χ1n) is 17.0. The molecule has 0 fully saturated rings. The van der Waals surface area contributed by atoms with Crippen molar-refractivity contribution in [2.75, 3.05) is 63.3 Å². The lowest BCUT2D eigenvalue weighted by atomic mass is 9.76. The summed E-state index contributed by atoms with van der Waals surface area (Å²) in [5.41, 5.74) is 9.94. The van der Waals surface area contributed by atoms with E-state index < -0.39 is 0 Å². The van der Waals surface area contributed by atoms with E-state index in [1.807, 2.05) is 0 Å². The topological polar surface area (TPSA) is 91.3 Å². The highest BCUT2D eigenvalue weighted by atomic mass is 16.5. The number of ether oxygens (including phenoxy) is 7. The fraction of sp³-hybridized carbons (Fsp3) is 0.400. The number of fused-ring (bicyclic) bond motifs is 8. The predicted octanol–water partition coefficient (Wildman–Crippen LogP) is 6.81. The Morgan fingerprint density at radius 2 is 1.22 bits per heavy atom. The first-order chi connectivity index (χ1) is 24.2. The van der Waals surface area contributed by atoms with Crippen molar-refractivity contribution in [1.29, 1.82) is 0 Å². The summed E-state index contributed by atoms with van der Waals surface area (Å²) in [6, 6.07) is 12.4. The van der Waals surface area contributed by atoms with Crippen LogP contribution in [0.5, 0.6) is 51.7 Å². The van der Waals surface area contributed by atoms with E-state index in [0.29, 0.717) is 47.3 Å². The van der Waals surface area contributed by atoms with Crippen LogP contribution in [0.25, 0.3) is 11.1 Å². The minimum Gasteiger partial charge on any atom is -0.504 e. The number of nitrogens with zero attached hydrogens (tertiary/aromatic N) is 2. The molecule has 0 spiro atoms. The number of aromatic hydroxyl groups is 1. The lowest BCUT2D eigenvalue weighted by Crippen LogP contribution is -2.40. The molecule has 0 saturated heterocycles. The summed E-state index contributed by atoms with van der Waals surface area (Å²) in [4.78, 5) is 4.75. The Balaban J connectivity index is 1.26. The Hall–Kier alpha value is -4.80. The van der Waals surface area contributed by atoms with Gasteiger partial charge in [0.1, 0.15) is 5.75 Å². The fourth-order valence-corrected chi connectivity index (χ4v) is 8.88. The van der Waals surface area contributed by atoms with Gasteiger partial charge in [-0.25, -0.2) is 0 Å². The van der Waals surface area contributed by atoms with Crippen molar-refractivity contribution in [3.63, 3.8) is 0 Å². The second-order valence-electron chi connectivity index (χ2n) is 13.6. The molecule has 2 bridgehead atoms. The van der Waals surface area contributed by atoms with Crippen molar-refractivity contribution in [3.8, 4) is 62.9 Å². The largest absolute Gasteiger partial charge is 0.504 e. The van der Waals surface area contributed by atoms with E-state index in [1.54, 1.807) is 48.7 Å². The molecular formula is C40H44N2O8. The number of likely N-dealkylation sites (N-methyl/N-ethyl adjacent to an activating group) is 2. The zero-order chi connectivity index (χ0) is 35.0. The maximum Gasteiger partial charge on any atom is 0.169 e. The molecule has 0 radical (unpaired) electrons. The van der Waals surface area contributed by atoms with Crippen LogP contribution >= 0.6 is 0 Å². The highest BCUT2D eigenvalue weighted by Gasteiger charge is 2.43. The van der Waals surface area contributed by atoms with Crippen LogP contribution in [0.15, 0.2) is 36.4 Å². The molecule has 262 valence electrons. The molecule has 3 aliphatic heterocycles. The second-order valence-corrected chi connectivity index (χ2v) is 13.6. The lowest BCUT2D eigenvalue weighted by Gasteiger charge is -2.46. The van der Waals surface area contributed by atoms with Gasteiger partial charge in [0.15, 0.2) is 46.0 Å². The van der Waals surface area contributed by atoms with Gasteiger partial charge >= 0.3 is 0 Å². The summed E-state index contributed by atoms with van der Waals surface area (Å²) in [7, 11) is 14.2. The summed E-state index contributed by atoms with van der Waals surface area (Å²) >= 11 is 0. The maximum absolute atomic E-state index is 11.6. The Bertz CT molecular complexity index is 2030. The van der Waals surface area contributed by atoms with Crippen LogP contribution in [0, 0.1) is 0 Å². The van der Waals surface area contributed by atoms with Gasteiger partial charge in [-0.2, -0.15) is 0 Å². The molecule has 8 rings (SSSR count). The van der Waals surface area contributed by atoms with E-state index in [0.717, 1.165) is 58.7 Å². The molecule has 10 heteroatoms. The molecule has 0 unspecified atom stereocenters. The smallest absolute Gasteiger partial charge is 0.169 e. The normalized spacial score (nSPS) is 20.1. The molecule has 0 amide bonds. The van der Waals surface area contributed by atoms with Crippen molar-refractivity contribution in [1.82, 2.24) is 9.80 Å². The number of hydrogen-bond donors (Lipinski definition) is 1. The average Bonchev–Trinajstić information content (AvgIpc) is 3.13. The van der Waals surface area contributed by atoms with Crippen LogP contribution in [0.2, 0.25) is 0 Å². The van der Waals surface area contributed by atoms with Crippen molar-refractivity contribution in [3.05, 3.63) is 75.3 Å². The van der Waals surface area contributed by atoms with Gasteiger partial charge in [0.25, 0.3) is 0 Å². The quantitative estimate of drug-likeness (QED) is 0.214. The fourth-order valence-electron chi connectivity index (χ4n) is 8.88. The molecule has 3 heterocycles. The van der Waals surface area contributed by atoms with Crippen LogP contribution < -0.4 is 33.2 Å². The van der Waals surface area contributed by atoms with Gasteiger partial charge in [0, 0.05) is 47.4 Å². The third kappa shape index (κ3) is 4.68. The van der Waals surface area contributed by atoms with E-state index in [1.165, 1.54) is 22.3 Å². The lowest BCUT2D eigenvalue weighted by molar-refractivity contribution is 0.132. The van der Waals surface area contributed by atoms with E-state index in [4.69, 9.17) is 33.2 Å². The molecule has 10 nitrogen and oxygen atoms in total. The number of methoxy groups -OCH3 is 6. The second kappa shape index (κ2) is 12.2. The van der Waals surface area contributed by atoms with Gasteiger partial charge in [0.2, 0.25) is 0 Å². The first-order valence-corrected chi connectivity index (χ1v) is 17.0. The average molecular weight is 681 g/mol. The highest BCUT2D eigenvalue weighted by molar-refractivity contribution is 5.85. The summed E-state index contributed by atoms with van der Waals surface area (Å²) in [5, 5.41) is 11.6. The molecule has 4 aromatic rings. The zero-order valence-corrected chi connectivity index (χ0v) is 29.9. The molecule has 50 heavy (non-hydrogen) atoms. The third-order valence-electron chi connectivity index (χ3n) is 11.4. The minimum atomic E-state index is -0.104.